The Kier molecular flexibility index (Phi) is 5.26. The van der Waals surface area contributed by atoms with Crippen molar-refractivity contribution in [2.24, 2.45) is 5.92 Å². The van der Waals surface area contributed by atoms with Crippen molar-refractivity contribution >= 4 is 5.91 Å². The number of hydrogen-bond acceptors (Lipinski definition) is 1. The largest absolute Gasteiger partial charge is 0.349 e. The maximum absolute atomic E-state index is 14.3. The van der Waals surface area contributed by atoms with Gasteiger partial charge in [-0.15, -0.1) is 0 Å². The lowest BCUT2D eigenvalue weighted by molar-refractivity contribution is 0.0919. The van der Waals surface area contributed by atoms with Gasteiger partial charge >= 0.3 is 0 Å². The number of amides is 1. The summed E-state index contributed by atoms with van der Waals surface area (Å²) in [5, 5.41) is 2.34. The highest BCUT2D eigenvalue weighted by Crippen LogP contribution is 2.32. The van der Waals surface area contributed by atoms with Crippen molar-refractivity contribution in [1.82, 2.24) is 5.32 Å². The molecule has 0 saturated heterocycles. The van der Waals surface area contributed by atoms with Gasteiger partial charge in [0.25, 0.3) is 5.91 Å². The van der Waals surface area contributed by atoms with Crippen molar-refractivity contribution in [2.45, 2.75) is 26.8 Å². The third-order valence-electron chi connectivity index (χ3n) is 3.91. The van der Waals surface area contributed by atoms with E-state index >= 15 is 0 Å². The lowest BCUT2D eigenvalue weighted by atomic mass is 10.00. The molecule has 0 unspecified atom stereocenters. The Bertz CT molecular complexity index is 730. The fourth-order valence-electron chi connectivity index (χ4n) is 2.13. The Morgan fingerprint density at radius 3 is 1.83 bits per heavy atom. The molecule has 128 valence electrons. The van der Waals surface area contributed by atoms with E-state index in [1.54, 1.807) is 26.8 Å². The summed E-state index contributed by atoms with van der Waals surface area (Å²) in [5.41, 5.74) is -2.11. The second kappa shape index (κ2) is 7.03. The number of hydrogen-bond donors (Lipinski definition) is 1. The lowest BCUT2D eigenvalue weighted by Gasteiger charge is -2.18. The summed E-state index contributed by atoms with van der Waals surface area (Å²) < 4.78 is 57.1. The second-order valence-corrected chi connectivity index (χ2v) is 5.88. The predicted molar refractivity (Wildman–Crippen MR) is 83.5 cm³/mol. The molecule has 2 aromatic carbocycles. The van der Waals surface area contributed by atoms with Gasteiger partial charge in [0.15, 0.2) is 23.3 Å². The molecule has 24 heavy (non-hydrogen) atoms. The average molecular weight is 339 g/mol. The number of benzene rings is 2. The Hall–Kier alpha value is -2.37. The van der Waals surface area contributed by atoms with Gasteiger partial charge in [0, 0.05) is 6.04 Å². The van der Waals surface area contributed by atoms with Gasteiger partial charge in [-0.25, -0.2) is 17.6 Å². The van der Waals surface area contributed by atoms with Crippen LogP contribution in [-0.4, -0.2) is 11.9 Å². The first-order chi connectivity index (χ1) is 11.3. The van der Waals surface area contributed by atoms with Crippen molar-refractivity contribution < 1.29 is 22.4 Å². The van der Waals surface area contributed by atoms with Gasteiger partial charge in [-0.1, -0.05) is 44.2 Å². The molecule has 0 saturated carbocycles. The van der Waals surface area contributed by atoms with E-state index in [4.69, 9.17) is 0 Å². The van der Waals surface area contributed by atoms with E-state index < -0.39 is 46.3 Å². The molecule has 2 nitrogen and oxygen atoms in total. The van der Waals surface area contributed by atoms with Crippen LogP contribution in [0.3, 0.4) is 0 Å². The van der Waals surface area contributed by atoms with Gasteiger partial charge in [0.2, 0.25) is 0 Å². The van der Waals surface area contributed by atoms with Crippen LogP contribution in [-0.2, 0) is 0 Å². The summed E-state index contributed by atoms with van der Waals surface area (Å²) in [5.74, 6) is -7.81. The van der Waals surface area contributed by atoms with Crippen LogP contribution >= 0.6 is 0 Å². The van der Waals surface area contributed by atoms with Crippen LogP contribution in [0.1, 0.15) is 31.1 Å². The Morgan fingerprint density at radius 1 is 0.875 bits per heavy atom. The molecule has 0 aliphatic rings. The summed E-state index contributed by atoms with van der Waals surface area (Å²) >= 11 is 0. The zero-order valence-corrected chi connectivity index (χ0v) is 13.5. The molecule has 0 spiro atoms. The molecule has 2 rings (SSSR count). The molecule has 0 aliphatic heterocycles. The molecule has 1 amide bonds. The van der Waals surface area contributed by atoms with Crippen LogP contribution in [0.25, 0.3) is 11.1 Å². The molecule has 1 N–H and O–H groups in total. The SMILES string of the molecule is CC(C)[C@H](C)NC(=O)c1c(F)c(F)c(-c2ccccc2)c(F)c1F. The van der Waals surface area contributed by atoms with Crippen LogP contribution in [0, 0.1) is 29.2 Å². The molecule has 2 aromatic rings. The van der Waals surface area contributed by atoms with Crippen LogP contribution < -0.4 is 5.32 Å². The number of carbonyl (C=O) groups excluding carboxylic acids is 1. The molecule has 1 atom stereocenters. The van der Waals surface area contributed by atoms with E-state index in [0.29, 0.717) is 0 Å². The minimum atomic E-state index is -1.71. The normalized spacial score (nSPS) is 12.3. The smallest absolute Gasteiger partial charge is 0.257 e. The maximum Gasteiger partial charge on any atom is 0.257 e. The van der Waals surface area contributed by atoms with E-state index in [1.807, 2.05) is 0 Å². The Balaban J connectivity index is 2.56. The Labute approximate surface area is 137 Å². The molecular formula is C18H17F4NO. The highest BCUT2D eigenvalue weighted by atomic mass is 19.2. The summed E-state index contributed by atoms with van der Waals surface area (Å²) in [6, 6.07) is 6.78. The predicted octanol–water partition coefficient (Wildman–Crippen LogP) is 4.68. The van der Waals surface area contributed by atoms with E-state index in [2.05, 4.69) is 5.32 Å². The van der Waals surface area contributed by atoms with Gasteiger partial charge in [-0.2, -0.15) is 0 Å². The van der Waals surface area contributed by atoms with Crippen molar-refractivity contribution in [3.63, 3.8) is 0 Å². The van der Waals surface area contributed by atoms with Crippen LogP contribution in [0.2, 0.25) is 0 Å². The van der Waals surface area contributed by atoms with E-state index in [-0.39, 0.29) is 11.5 Å². The van der Waals surface area contributed by atoms with E-state index in [9.17, 15) is 22.4 Å². The Morgan fingerprint density at radius 2 is 1.38 bits per heavy atom. The minimum absolute atomic E-state index is 0.0154. The van der Waals surface area contributed by atoms with Crippen molar-refractivity contribution in [3.8, 4) is 11.1 Å². The van der Waals surface area contributed by atoms with E-state index in [0.717, 1.165) is 0 Å². The maximum atomic E-state index is 14.3. The molecule has 0 heterocycles. The quantitative estimate of drug-likeness (QED) is 0.636. The average Bonchev–Trinajstić information content (AvgIpc) is 2.54. The number of carbonyl (C=O) groups is 1. The molecule has 0 aromatic heterocycles. The fourth-order valence-corrected chi connectivity index (χ4v) is 2.13. The summed E-state index contributed by atoms with van der Waals surface area (Å²) in [7, 11) is 0. The molecule has 0 radical (unpaired) electrons. The van der Waals surface area contributed by atoms with Gasteiger partial charge in [0.1, 0.15) is 5.56 Å². The molecular weight excluding hydrogens is 322 g/mol. The summed E-state index contributed by atoms with van der Waals surface area (Å²) in [6.07, 6.45) is 0. The van der Waals surface area contributed by atoms with Crippen molar-refractivity contribution in [2.75, 3.05) is 0 Å². The standard InChI is InChI=1S/C18H17F4NO/c1-9(2)10(3)23-18(24)13-16(21)14(19)12(15(20)17(13)22)11-7-5-4-6-8-11/h4-10H,1-3H3,(H,23,24)/t10-/m0/s1. The van der Waals surface area contributed by atoms with Crippen LogP contribution in [0.5, 0.6) is 0 Å². The van der Waals surface area contributed by atoms with E-state index in [1.165, 1.54) is 24.3 Å². The third-order valence-corrected chi connectivity index (χ3v) is 3.91. The lowest BCUT2D eigenvalue weighted by Crippen LogP contribution is -2.37. The zero-order valence-electron chi connectivity index (χ0n) is 13.5. The van der Waals surface area contributed by atoms with Crippen LogP contribution in [0.4, 0.5) is 17.6 Å². The van der Waals surface area contributed by atoms with Crippen molar-refractivity contribution in [1.29, 1.82) is 0 Å². The molecule has 6 heteroatoms. The zero-order chi connectivity index (χ0) is 18.0. The highest BCUT2D eigenvalue weighted by molar-refractivity contribution is 5.95. The summed E-state index contributed by atoms with van der Waals surface area (Å²) in [6.45, 7) is 5.21. The number of halogens is 4. The number of rotatable bonds is 4. The first-order valence-electron chi connectivity index (χ1n) is 7.47. The molecule has 0 bridgehead atoms. The van der Waals surface area contributed by atoms with Gasteiger partial charge in [-0.3, -0.25) is 4.79 Å². The topological polar surface area (TPSA) is 29.1 Å². The third kappa shape index (κ3) is 3.27. The van der Waals surface area contributed by atoms with Crippen LogP contribution in [0.15, 0.2) is 30.3 Å². The minimum Gasteiger partial charge on any atom is -0.349 e. The fraction of sp³-hybridized carbons (Fsp3) is 0.278. The highest BCUT2D eigenvalue weighted by Gasteiger charge is 2.30. The second-order valence-electron chi connectivity index (χ2n) is 5.88. The van der Waals surface area contributed by atoms with Gasteiger partial charge < -0.3 is 5.32 Å². The monoisotopic (exact) mass is 339 g/mol. The summed E-state index contributed by atoms with van der Waals surface area (Å²) in [4.78, 5) is 12.0. The first kappa shape index (κ1) is 18.0. The van der Waals surface area contributed by atoms with Gasteiger partial charge in [0.05, 0.1) is 5.56 Å². The molecule has 0 fully saturated rings. The van der Waals surface area contributed by atoms with Crippen molar-refractivity contribution in [3.05, 3.63) is 59.2 Å². The number of nitrogens with one attached hydrogen (secondary N) is 1. The van der Waals surface area contributed by atoms with Gasteiger partial charge in [-0.05, 0) is 18.4 Å². The first-order valence-corrected chi connectivity index (χ1v) is 7.47. The molecule has 0 aliphatic carbocycles.